The van der Waals surface area contributed by atoms with Gasteiger partial charge < -0.3 is 10.2 Å². The van der Waals surface area contributed by atoms with Gasteiger partial charge in [-0.2, -0.15) is 5.10 Å². The lowest BCUT2D eigenvalue weighted by molar-refractivity contribution is 0.180. The summed E-state index contributed by atoms with van der Waals surface area (Å²) in [5, 5.41) is 9.76. The Morgan fingerprint density at radius 2 is 1.92 bits per heavy atom. The van der Waals surface area contributed by atoms with E-state index >= 15 is 0 Å². The number of urea groups is 1. The normalized spacial score (nSPS) is 15.2. The molecule has 1 aliphatic rings. The Hall–Kier alpha value is -3.36. The maximum atomic E-state index is 12.4. The minimum atomic E-state index is -0.156. The van der Waals surface area contributed by atoms with Crippen LogP contribution in [0.5, 0.6) is 0 Å². The number of hydrogen-bond acceptors (Lipinski definition) is 4. The van der Waals surface area contributed by atoms with Gasteiger partial charge in [0.2, 0.25) is 0 Å². The van der Waals surface area contributed by atoms with E-state index in [9.17, 15) is 9.59 Å². The summed E-state index contributed by atoms with van der Waals surface area (Å²) < 4.78 is 3.49. The van der Waals surface area contributed by atoms with Gasteiger partial charge >= 0.3 is 6.03 Å². The van der Waals surface area contributed by atoms with E-state index in [0.717, 1.165) is 18.5 Å². The predicted octanol–water partition coefficient (Wildman–Crippen LogP) is 1.63. The number of anilines is 1. The quantitative estimate of drug-likeness (QED) is 0.747. The van der Waals surface area contributed by atoms with Crippen molar-refractivity contribution < 1.29 is 4.79 Å². The first-order valence-corrected chi connectivity index (χ1v) is 8.47. The number of hydrogen-bond donors (Lipinski definition) is 2. The number of carbonyl (C=O) groups excluding carboxylic acids is 1. The number of benzene rings is 1. The van der Waals surface area contributed by atoms with Crippen molar-refractivity contribution in [3.05, 3.63) is 59.5 Å². The highest BCUT2D eigenvalue weighted by molar-refractivity contribution is 5.89. The molecule has 9 nitrogen and oxygen atoms in total. The largest absolute Gasteiger partial charge is 0.324 e. The Morgan fingerprint density at radius 3 is 2.54 bits per heavy atom. The highest BCUT2D eigenvalue weighted by Crippen LogP contribution is 2.22. The molecule has 2 aromatic heterocycles. The van der Waals surface area contributed by atoms with E-state index in [0.29, 0.717) is 24.8 Å². The molecule has 0 saturated carbocycles. The molecule has 2 amide bonds. The number of aromatic nitrogens is 5. The molecule has 0 radical (unpaired) electrons. The Balaban J connectivity index is 1.34. The van der Waals surface area contributed by atoms with Crippen LogP contribution in [0.25, 0.3) is 5.69 Å². The molecule has 9 heteroatoms. The molecule has 3 heterocycles. The first-order valence-electron chi connectivity index (χ1n) is 8.47. The van der Waals surface area contributed by atoms with Crippen LogP contribution in [0, 0.1) is 0 Å². The van der Waals surface area contributed by atoms with Crippen molar-refractivity contribution in [1.29, 1.82) is 0 Å². The van der Waals surface area contributed by atoms with E-state index in [1.807, 2.05) is 33.8 Å². The lowest BCUT2D eigenvalue weighted by Gasteiger charge is -2.31. The van der Waals surface area contributed by atoms with Gasteiger partial charge in [-0.05, 0) is 37.1 Å². The molecule has 1 fully saturated rings. The van der Waals surface area contributed by atoms with Gasteiger partial charge in [0.1, 0.15) is 12.7 Å². The summed E-state index contributed by atoms with van der Waals surface area (Å²) in [5.41, 5.74) is 1.38. The molecule has 0 spiro atoms. The molecular formula is C17H19N7O2. The highest BCUT2D eigenvalue weighted by Gasteiger charge is 2.24. The van der Waals surface area contributed by atoms with Crippen molar-refractivity contribution in [3.8, 4) is 5.69 Å². The zero-order valence-corrected chi connectivity index (χ0v) is 14.1. The number of aromatic amines is 1. The molecular weight excluding hydrogens is 334 g/mol. The maximum Gasteiger partial charge on any atom is 0.321 e. The average molecular weight is 353 g/mol. The van der Waals surface area contributed by atoms with Gasteiger partial charge in [0.05, 0.1) is 11.7 Å². The van der Waals surface area contributed by atoms with E-state index in [2.05, 4.69) is 20.5 Å². The van der Waals surface area contributed by atoms with Crippen molar-refractivity contribution >= 4 is 11.7 Å². The van der Waals surface area contributed by atoms with Crippen LogP contribution in [0.3, 0.4) is 0 Å². The molecule has 3 aromatic rings. The predicted molar refractivity (Wildman–Crippen MR) is 95.3 cm³/mol. The Labute approximate surface area is 149 Å². The van der Waals surface area contributed by atoms with Gasteiger partial charge in [0, 0.05) is 31.0 Å². The number of nitrogens with zero attached hydrogens (tertiary/aromatic N) is 5. The Morgan fingerprint density at radius 1 is 1.15 bits per heavy atom. The number of rotatable bonds is 3. The Bertz CT molecular complexity index is 919. The van der Waals surface area contributed by atoms with Crippen molar-refractivity contribution in [3.63, 3.8) is 0 Å². The third-order valence-electron chi connectivity index (χ3n) is 4.56. The molecule has 0 unspecified atom stereocenters. The zero-order valence-electron chi connectivity index (χ0n) is 14.1. The second-order valence-corrected chi connectivity index (χ2v) is 6.23. The first-order chi connectivity index (χ1) is 12.7. The van der Waals surface area contributed by atoms with Crippen molar-refractivity contribution in [1.82, 2.24) is 29.4 Å². The average Bonchev–Trinajstić information content (AvgIpc) is 3.34. The van der Waals surface area contributed by atoms with E-state index in [-0.39, 0.29) is 11.6 Å². The van der Waals surface area contributed by atoms with Crippen molar-refractivity contribution in [2.45, 2.75) is 18.9 Å². The summed E-state index contributed by atoms with van der Waals surface area (Å²) in [6.07, 6.45) is 6.63. The minimum Gasteiger partial charge on any atom is -0.324 e. The van der Waals surface area contributed by atoms with Gasteiger partial charge in [0.25, 0.3) is 5.56 Å². The van der Waals surface area contributed by atoms with Crippen LogP contribution in [-0.2, 0) is 0 Å². The van der Waals surface area contributed by atoms with Crippen molar-refractivity contribution in [2.24, 2.45) is 0 Å². The number of H-pyrrole nitrogens is 1. The summed E-state index contributed by atoms with van der Waals surface area (Å²) in [6, 6.07) is 8.94. The first kappa shape index (κ1) is 16.1. The molecule has 1 aromatic carbocycles. The van der Waals surface area contributed by atoms with E-state index < -0.39 is 0 Å². The molecule has 0 bridgehead atoms. The van der Waals surface area contributed by atoms with Crippen molar-refractivity contribution in [2.75, 3.05) is 18.4 Å². The van der Waals surface area contributed by atoms with E-state index in [1.54, 1.807) is 17.2 Å². The van der Waals surface area contributed by atoms with Crippen LogP contribution in [0.1, 0.15) is 18.9 Å². The van der Waals surface area contributed by atoms with E-state index in [4.69, 9.17) is 0 Å². The van der Waals surface area contributed by atoms with Crippen LogP contribution in [0.4, 0.5) is 10.5 Å². The lowest BCUT2D eigenvalue weighted by atomic mass is 10.1. The summed E-state index contributed by atoms with van der Waals surface area (Å²) in [5.74, 6) is 0. The third-order valence-corrected chi connectivity index (χ3v) is 4.56. The number of amides is 2. The fraction of sp³-hybridized carbons (Fsp3) is 0.294. The highest BCUT2D eigenvalue weighted by atomic mass is 16.2. The fourth-order valence-corrected chi connectivity index (χ4v) is 3.13. The molecule has 0 atom stereocenters. The smallest absolute Gasteiger partial charge is 0.321 e. The topological polar surface area (TPSA) is 101 Å². The van der Waals surface area contributed by atoms with Gasteiger partial charge in [-0.1, -0.05) is 0 Å². The second-order valence-electron chi connectivity index (χ2n) is 6.23. The molecule has 1 saturated heterocycles. The summed E-state index contributed by atoms with van der Waals surface area (Å²) >= 11 is 0. The van der Waals surface area contributed by atoms with Crippen LogP contribution in [-0.4, -0.2) is 48.6 Å². The minimum absolute atomic E-state index is 0.107. The van der Waals surface area contributed by atoms with Gasteiger partial charge in [-0.15, -0.1) is 0 Å². The van der Waals surface area contributed by atoms with Crippen LogP contribution in [0.15, 0.2) is 54.0 Å². The zero-order chi connectivity index (χ0) is 17.9. The molecule has 2 N–H and O–H groups in total. The third kappa shape index (κ3) is 3.37. The maximum absolute atomic E-state index is 12.4. The van der Waals surface area contributed by atoms with Gasteiger partial charge in [-0.25, -0.2) is 14.5 Å². The second kappa shape index (κ2) is 6.87. The summed E-state index contributed by atoms with van der Waals surface area (Å²) in [7, 11) is 0. The number of nitrogens with one attached hydrogen (secondary N) is 2. The summed E-state index contributed by atoms with van der Waals surface area (Å²) in [6.45, 7) is 1.36. The molecule has 134 valence electrons. The molecule has 0 aliphatic carbocycles. The number of likely N-dealkylation sites (tertiary alicyclic amines) is 1. The lowest BCUT2D eigenvalue weighted by Crippen LogP contribution is -2.41. The van der Waals surface area contributed by atoms with E-state index in [1.165, 1.54) is 12.4 Å². The fourth-order valence-electron chi connectivity index (χ4n) is 3.13. The monoisotopic (exact) mass is 353 g/mol. The van der Waals surface area contributed by atoms with Crippen LogP contribution >= 0.6 is 0 Å². The number of piperidine rings is 1. The van der Waals surface area contributed by atoms with Gasteiger partial charge in [-0.3, -0.25) is 14.6 Å². The van der Waals surface area contributed by atoms with Crippen LogP contribution in [0.2, 0.25) is 0 Å². The molecule has 26 heavy (non-hydrogen) atoms. The number of carbonyl (C=O) groups is 1. The summed E-state index contributed by atoms with van der Waals surface area (Å²) in [4.78, 5) is 29.4. The molecule has 1 aliphatic heterocycles. The van der Waals surface area contributed by atoms with Gasteiger partial charge in [0.15, 0.2) is 0 Å². The Kier molecular flexibility index (Phi) is 4.26. The molecule has 4 rings (SSSR count). The SMILES string of the molecule is O=C(Nc1ccc(-n2ccc(=O)[nH]2)cc1)N1CCC(n2cncn2)CC1. The standard InChI is InChI=1S/C17H19N7O2/c25-16-7-10-23(21-16)14-3-1-13(2-4-14)20-17(26)22-8-5-15(6-9-22)24-12-18-11-19-24/h1-4,7,10-12,15H,5-6,8-9H2,(H,20,26)(H,21,25). The van der Waals surface area contributed by atoms with Crippen LogP contribution < -0.4 is 10.9 Å².